The van der Waals surface area contributed by atoms with Crippen LogP contribution in [0.3, 0.4) is 0 Å². The lowest BCUT2D eigenvalue weighted by Gasteiger charge is -2.67. The van der Waals surface area contributed by atoms with Gasteiger partial charge >= 0.3 is 30.2 Å². The van der Waals surface area contributed by atoms with Crippen LogP contribution in [0.25, 0.3) is 0 Å². The molecule has 4 fully saturated rings. The minimum atomic E-state index is -2.51. The predicted molar refractivity (Wildman–Crippen MR) is 211 cm³/mol. The van der Waals surface area contributed by atoms with E-state index >= 15 is 4.79 Å². The van der Waals surface area contributed by atoms with Gasteiger partial charge in [0.05, 0.1) is 42.8 Å². The number of aliphatic hydroxyl groups is 3. The fraction of sp³-hybridized carbons (Fsp3) is 0.659. The molecule has 62 heavy (non-hydrogen) atoms. The molecule has 18 heteroatoms. The van der Waals surface area contributed by atoms with Crippen molar-refractivity contribution in [3.63, 3.8) is 0 Å². The fourth-order valence-electron chi connectivity index (χ4n) is 10.5. The molecule has 0 radical (unpaired) electrons. The van der Waals surface area contributed by atoms with E-state index in [1.807, 2.05) is 0 Å². The number of cyclic esters (lactones) is 1. The summed E-state index contributed by atoms with van der Waals surface area (Å²) in [6.07, 6.45) is -10.2. The lowest BCUT2D eigenvalue weighted by Crippen LogP contribution is -2.81. The Morgan fingerprint density at radius 2 is 1.58 bits per heavy atom. The number of hydrogen-bond donors (Lipinski definition) is 3. The average Bonchev–Trinajstić information content (AvgIpc) is 3.36. The molecule has 2 saturated heterocycles. The highest BCUT2D eigenvalue weighted by Crippen LogP contribution is 2.66. The van der Waals surface area contributed by atoms with Crippen LogP contribution in [0, 0.1) is 28.1 Å². The van der Waals surface area contributed by atoms with E-state index < -0.39 is 142 Å². The Kier molecular flexibility index (Phi) is 11.4. The van der Waals surface area contributed by atoms with Gasteiger partial charge in [0, 0.05) is 31.1 Å². The predicted octanol–water partition coefficient (Wildman–Crippen LogP) is 3.55. The maximum atomic E-state index is 15.6. The van der Waals surface area contributed by atoms with Crippen molar-refractivity contribution in [2.45, 2.75) is 142 Å². The summed E-state index contributed by atoms with van der Waals surface area (Å²) < 4.78 is 40.4. The van der Waals surface area contributed by atoms with Gasteiger partial charge in [0.2, 0.25) is 5.78 Å². The summed E-state index contributed by atoms with van der Waals surface area (Å²) >= 11 is 0. The largest absolute Gasteiger partial charge is 0.508 e. The zero-order chi connectivity index (χ0) is 46.5. The molecule has 11 atom stereocenters. The Hall–Kier alpha value is -4.91. The number of carbonyl (C=O) groups is 7. The summed E-state index contributed by atoms with van der Waals surface area (Å²) in [7, 11) is 1.05. The minimum Gasteiger partial charge on any atom is -0.457 e. The molecule has 2 bridgehead atoms. The van der Waals surface area contributed by atoms with Gasteiger partial charge in [-0.1, -0.05) is 59.7 Å². The second kappa shape index (κ2) is 15.1. The van der Waals surface area contributed by atoms with E-state index in [-0.39, 0.29) is 17.6 Å². The summed E-state index contributed by atoms with van der Waals surface area (Å²) in [5, 5.41) is 37.8. The van der Waals surface area contributed by atoms with Crippen LogP contribution < -0.4 is 0 Å². The Morgan fingerprint density at radius 1 is 0.968 bits per heavy atom. The van der Waals surface area contributed by atoms with E-state index in [4.69, 9.17) is 33.2 Å². The number of Topliss-reactive ketones (excluding diaryl/α,β-unsaturated/α-hetero) is 1. The lowest BCUT2D eigenvalue weighted by molar-refractivity contribution is -0.345. The highest BCUT2D eigenvalue weighted by Gasteiger charge is 2.79. The van der Waals surface area contributed by atoms with Crippen molar-refractivity contribution in [1.82, 2.24) is 4.90 Å². The smallest absolute Gasteiger partial charge is 0.457 e. The number of rotatable bonds is 8. The van der Waals surface area contributed by atoms with Gasteiger partial charge in [-0.15, -0.1) is 0 Å². The first-order valence-corrected chi connectivity index (χ1v) is 20.5. The number of nitrogens with zero attached hydrogens (tertiary/aromatic N) is 1. The monoisotopic (exact) mass is 871 g/mol. The summed E-state index contributed by atoms with van der Waals surface area (Å²) in [5.74, 6) is -8.57. The molecule has 5 aliphatic rings. The van der Waals surface area contributed by atoms with E-state index in [9.17, 15) is 44.1 Å². The van der Waals surface area contributed by atoms with Crippen LogP contribution in [-0.2, 0) is 52.3 Å². The first-order valence-electron chi connectivity index (χ1n) is 20.5. The number of amides is 2. The maximum absolute atomic E-state index is 15.6. The third-order valence-corrected chi connectivity index (χ3v) is 14.0. The number of esters is 3. The molecule has 18 nitrogen and oxygen atoms in total. The molecule has 2 saturated carbocycles. The molecule has 2 heterocycles. The number of fused-ring (bicyclic) bond motifs is 5. The molecule has 340 valence electrons. The third-order valence-electron chi connectivity index (χ3n) is 14.0. The van der Waals surface area contributed by atoms with Crippen LogP contribution in [0.2, 0.25) is 0 Å². The van der Waals surface area contributed by atoms with Crippen LogP contribution in [-0.4, -0.2) is 129 Å². The first kappa shape index (κ1) is 46.6. The van der Waals surface area contributed by atoms with Crippen LogP contribution in [0.15, 0.2) is 41.7 Å². The molecule has 3 aliphatic carbocycles. The molecule has 0 aromatic heterocycles. The van der Waals surface area contributed by atoms with Gasteiger partial charge in [0.1, 0.15) is 23.4 Å². The number of ketones is 1. The van der Waals surface area contributed by atoms with Crippen LogP contribution >= 0.6 is 0 Å². The van der Waals surface area contributed by atoms with Gasteiger partial charge in [-0.3, -0.25) is 14.4 Å². The van der Waals surface area contributed by atoms with E-state index in [2.05, 4.69) is 0 Å². The molecular formula is C44H57NO17. The SMILES string of the molecule is COC(=O)O[C@@]12CO[C@@H]1CC(O)[C@@]1(C)C(=O)C(OC(C)=O)=C3C(C)[C@](C)(OC(=O)[C@H](O)[C@@H](N4C(=O)OC(C)(C)C4=O)C(C)(C)C)C[C@@](O)([C@@H](OC(=O)c4ccccc4)C12)C3(C)C. The number of allylic oxidation sites excluding steroid dienone is 1. The Labute approximate surface area is 359 Å². The number of ether oxygens (including phenoxy) is 7. The second-order valence-electron chi connectivity index (χ2n) is 19.7. The number of imide groups is 1. The van der Waals surface area contributed by atoms with Crippen molar-refractivity contribution in [1.29, 1.82) is 0 Å². The van der Waals surface area contributed by atoms with Crippen LogP contribution in [0.4, 0.5) is 9.59 Å². The Bertz CT molecular complexity index is 2110. The van der Waals surface area contributed by atoms with Crippen molar-refractivity contribution in [3.8, 4) is 0 Å². The number of methoxy groups -OCH3 is 1. The molecule has 1 aromatic rings. The van der Waals surface area contributed by atoms with Crippen LogP contribution in [0.5, 0.6) is 0 Å². The van der Waals surface area contributed by atoms with Gasteiger partial charge in [-0.05, 0) is 50.8 Å². The molecule has 1 aromatic carbocycles. The molecule has 6 rings (SSSR count). The highest BCUT2D eigenvalue weighted by molar-refractivity contribution is 6.04. The molecule has 3 N–H and O–H groups in total. The average molecular weight is 872 g/mol. The number of benzene rings is 1. The molecule has 2 amide bonds. The fourth-order valence-corrected chi connectivity index (χ4v) is 10.5. The minimum absolute atomic E-state index is 0.0222. The molecular weight excluding hydrogens is 814 g/mol. The first-order chi connectivity index (χ1) is 28.5. The van der Waals surface area contributed by atoms with E-state index in [0.717, 1.165) is 14.0 Å². The quantitative estimate of drug-likeness (QED) is 0.250. The van der Waals surface area contributed by atoms with Crippen molar-refractivity contribution in [2.24, 2.45) is 28.1 Å². The van der Waals surface area contributed by atoms with Gasteiger partial charge < -0.3 is 48.5 Å². The summed E-state index contributed by atoms with van der Waals surface area (Å²) in [5.41, 5.74) is -13.2. The molecule has 3 unspecified atom stereocenters. The van der Waals surface area contributed by atoms with E-state index in [1.54, 1.807) is 45.9 Å². The summed E-state index contributed by atoms with van der Waals surface area (Å²) in [4.78, 5) is 97.9. The number of aliphatic hydroxyl groups excluding tert-OH is 2. The summed E-state index contributed by atoms with van der Waals surface area (Å²) in [6, 6.07) is 6.15. The summed E-state index contributed by atoms with van der Waals surface area (Å²) in [6.45, 7) is 15.4. The molecule has 2 aliphatic heterocycles. The third kappa shape index (κ3) is 6.88. The van der Waals surface area contributed by atoms with E-state index in [1.165, 1.54) is 53.7 Å². The van der Waals surface area contributed by atoms with Gasteiger partial charge in [-0.25, -0.2) is 24.1 Å². The number of carbonyl (C=O) groups excluding carboxylic acids is 7. The normalized spacial score (nSPS) is 35.7. The second-order valence-corrected chi connectivity index (χ2v) is 19.7. The standard InChI is InChI=1S/C44H57NO17/c1-21-26-28(58-22(2)46)31(49)42(11)24(47)18-25-43(20-57-25,62-37(54)56-12)29(42)32(59-33(50)23-16-14-13-15-17-23)44(55,39(26,6)7)19-41(21,10)60-34(51)27(48)30(38(3,4)5)45-35(52)40(8,9)61-36(45)53/h13-17,21,24-25,27,29-30,32,47-48,55H,18-20H2,1-12H3/t21?,24?,25-,27-,29?,30-,32+,41-,42-,43+,44-/m1/s1. The van der Waals surface area contributed by atoms with Crippen molar-refractivity contribution in [3.05, 3.63) is 47.2 Å². The van der Waals surface area contributed by atoms with Gasteiger partial charge in [0.15, 0.2) is 23.1 Å². The van der Waals surface area contributed by atoms with Crippen molar-refractivity contribution in [2.75, 3.05) is 13.7 Å². The Balaban J connectivity index is 1.60. The van der Waals surface area contributed by atoms with Crippen molar-refractivity contribution < 1.29 is 82.0 Å². The van der Waals surface area contributed by atoms with E-state index in [0.29, 0.717) is 4.90 Å². The zero-order valence-corrected chi connectivity index (χ0v) is 37.1. The van der Waals surface area contributed by atoms with Crippen molar-refractivity contribution >= 4 is 41.8 Å². The van der Waals surface area contributed by atoms with Gasteiger partial charge in [-0.2, -0.15) is 0 Å². The zero-order valence-electron chi connectivity index (χ0n) is 37.1. The Morgan fingerprint density at radius 3 is 2.08 bits per heavy atom. The topological polar surface area (TPSA) is 248 Å². The lowest BCUT2D eigenvalue weighted by atomic mass is 9.43. The highest BCUT2D eigenvalue weighted by atomic mass is 16.8. The van der Waals surface area contributed by atoms with Gasteiger partial charge in [0.25, 0.3) is 5.91 Å². The number of hydrogen-bond acceptors (Lipinski definition) is 17. The van der Waals surface area contributed by atoms with Crippen LogP contribution in [0.1, 0.15) is 99.4 Å². The maximum Gasteiger partial charge on any atom is 0.508 e. The molecule has 0 spiro atoms.